The lowest BCUT2D eigenvalue weighted by atomic mass is 10.0. The predicted octanol–water partition coefficient (Wildman–Crippen LogP) is 2.16. The van der Waals surface area contributed by atoms with Gasteiger partial charge < -0.3 is 9.80 Å². The van der Waals surface area contributed by atoms with E-state index in [1.54, 1.807) is 18.2 Å². The van der Waals surface area contributed by atoms with Crippen LogP contribution in [0, 0.1) is 11.3 Å². The van der Waals surface area contributed by atoms with Crippen molar-refractivity contribution in [3.63, 3.8) is 0 Å². The number of nitrogens with one attached hydrogen (secondary N) is 1. The van der Waals surface area contributed by atoms with Crippen molar-refractivity contribution in [2.24, 2.45) is 11.3 Å². The van der Waals surface area contributed by atoms with Crippen LogP contribution in [0.5, 0.6) is 0 Å². The van der Waals surface area contributed by atoms with Crippen molar-refractivity contribution in [2.75, 3.05) is 19.6 Å². The van der Waals surface area contributed by atoms with Gasteiger partial charge in [0.1, 0.15) is 0 Å². The number of aromatic amines is 1. The lowest BCUT2D eigenvalue weighted by molar-refractivity contribution is -0.137. The number of hydrogen-bond acceptors (Lipinski definition) is 4. The molecular formula is C22H26N4O3. The van der Waals surface area contributed by atoms with Crippen molar-refractivity contribution in [2.45, 2.75) is 33.2 Å². The van der Waals surface area contributed by atoms with Crippen molar-refractivity contribution < 1.29 is 9.59 Å². The molecule has 2 atom stereocenters. The third-order valence-electron chi connectivity index (χ3n) is 6.09. The largest absolute Gasteiger partial charge is 0.336 e. The van der Waals surface area contributed by atoms with Crippen LogP contribution in [0.1, 0.15) is 37.6 Å². The van der Waals surface area contributed by atoms with Crippen molar-refractivity contribution in [1.29, 1.82) is 0 Å². The van der Waals surface area contributed by atoms with E-state index in [0.29, 0.717) is 30.9 Å². The fourth-order valence-corrected chi connectivity index (χ4v) is 4.06. The Labute approximate surface area is 169 Å². The minimum absolute atomic E-state index is 0.000600. The van der Waals surface area contributed by atoms with Gasteiger partial charge in [-0.15, -0.1) is 0 Å². The van der Waals surface area contributed by atoms with E-state index in [1.807, 2.05) is 28.9 Å². The smallest absolute Gasteiger partial charge is 0.264 e. The molecule has 7 heteroatoms. The summed E-state index contributed by atoms with van der Waals surface area (Å²) in [5.74, 6) is 0.288. The number of carbonyl (C=O) groups is 2. The van der Waals surface area contributed by atoms with Gasteiger partial charge in [-0.2, -0.15) is 5.10 Å². The first-order chi connectivity index (χ1) is 13.8. The highest BCUT2D eigenvalue weighted by Gasteiger charge is 2.52. The lowest BCUT2D eigenvalue weighted by Gasteiger charge is -2.40. The molecule has 7 nitrogen and oxygen atoms in total. The Morgan fingerprint density at radius 3 is 2.55 bits per heavy atom. The molecule has 0 spiro atoms. The summed E-state index contributed by atoms with van der Waals surface area (Å²) in [6, 6.07) is 10.3. The van der Waals surface area contributed by atoms with Gasteiger partial charge in [0.25, 0.3) is 11.5 Å². The highest BCUT2D eigenvalue weighted by atomic mass is 16.2. The summed E-state index contributed by atoms with van der Waals surface area (Å²) in [6.45, 7) is 7.89. The second-order valence-corrected chi connectivity index (χ2v) is 8.76. The fraction of sp³-hybridized carbons (Fsp3) is 0.455. The monoisotopic (exact) mass is 394 g/mol. The van der Waals surface area contributed by atoms with Crippen molar-refractivity contribution in [1.82, 2.24) is 20.0 Å². The van der Waals surface area contributed by atoms with Gasteiger partial charge in [-0.3, -0.25) is 14.4 Å². The Morgan fingerprint density at radius 2 is 1.93 bits per heavy atom. The molecule has 1 saturated heterocycles. The predicted molar refractivity (Wildman–Crippen MR) is 109 cm³/mol. The third-order valence-corrected chi connectivity index (χ3v) is 6.09. The fourth-order valence-electron chi connectivity index (χ4n) is 4.06. The summed E-state index contributed by atoms with van der Waals surface area (Å²) in [5, 5.41) is 6.44. The van der Waals surface area contributed by atoms with Crippen LogP contribution in [0.25, 0.3) is 11.3 Å². The van der Waals surface area contributed by atoms with E-state index in [9.17, 15) is 14.4 Å². The third kappa shape index (κ3) is 3.81. The number of H-pyrrole nitrogens is 1. The van der Waals surface area contributed by atoms with Gasteiger partial charge in [-0.25, -0.2) is 5.10 Å². The molecule has 1 aromatic heterocycles. The maximum Gasteiger partial charge on any atom is 0.264 e. The molecule has 1 aromatic carbocycles. The molecule has 0 radical (unpaired) electrons. The average Bonchev–Trinajstić information content (AvgIpc) is 3.35. The summed E-state index contributed by atoms with van der Waals surface area (Å²) in [7, 11) is 0. The van der Waals surface area contributed by atoms with Crippen molar-refractivity contribution in [3.8, 4) is 11.3 Å². The van der Waals surface area contributed by atoms with Gasteiger partial charge in [0.2, 0.25) is 5.91 Å². The first kappa shape index (κ1) is 19.4. The number of hydrogen-bond donors (Lipinski definition) is 1. The zero-order valence-electron chi connectivity index (χ0n) is 17.0. The van der Waals surface area contributed by atoms with E-state index in [1.165, 1.54) is 6.07 Å². The summed E-state index contributed by atoms with van der Waals surface area (Å²) >= 11 is 0. The molecule has 2 aliphatic rings. The number of nitrogens with zero attached hydrogens (tertiary/aromatic N) is 3. The van der Waals surface area contributed by atoms with Crippen LogP contribution >= 0.6 is 0 Å². The van der Waals surface area contributed by atoms with E-state index >= 15 is 0 Å². The molecule has 2 amide bonds. The average molecular weight is 394 g/mol. The van der Waals surface area contributed by atoms with E-state index in [0.717, 1.165) is 12.0 Å². The van der Waals surface area contributed by atoms with Crippen LogP contribution in [0.2, 0.25) is 0 Å². The topological polar surface area (TPSA) is 86.4 Å². The molecule has 2 fully saturated rings. The summed E-state index contributed by atoms with van der Waals surface area (Å²) in [6.07, 6.45) is 0.948. The van der Waals surface area contributed by atoms with Crippen LogP contribution in [-0.4, -0.2) is 57.5 Å². The lowest BCUT2D eigenvalue weighted by Crippen LogP contribution is -2.56. The Bertz CT molecular complexity index is 993. The quantitative estimate of drug-likeness (QED) is 0.864. The van der Waals surface area contributed by atoms with Crippen LogP contribution in [-0.2, 0) is 4.79 Å². The van der Waals surface area contributed by atoms with E-state index in [-0.39, 0.29) is 34.7 Å². The number of carbonyl (C=O) groups excluding carboxylic acids is 2. The second-order valence-electron chi connectivity index (χ2n) is 8.76. The second kappa shape index (κ2) is 7.13. The molecule has 29 heavy (non-hydrogen) atoms. The molecular weight excluding hydrogens is 368 g/mol. The number of piperazine rings is 1. The maximum absolute atomic E-state index is 13.1. The van der Waals surface area contributed by atoms with E-state index in [2.05, 4.69) is 24.0 Å². The van der Waals surface area contributed by atoms with Gasteiger partial charge in [-0.05, 0) is 37.0 Å². The first-order valence-corrected chi connectivity index (χ1v) is 10.0. The van der Waals surface area contributed by atoms with Gasteiger partial charge >= 0.3 is 0 Å². The molecule has 152 valence electrons. The minimum Gasteiger partial charge on any atom is -0.336 e. The first-order valence-electron chi connectivity index (χ1n) is 10.0. The van der Waals surface area contributed by atoms with Gasteiger partial charge in [0.15, 0.2) is 0 Å². The van der Waals surface area contributed by atoms with Crippen LogP contribution in [0.4, 0.5) is 0 Å². The molecule has 1 aliphatic carbocycles. The van der Waals surface area contributed by atoms with Gasteiger partial charge in [0.05, 0.1) is 5.69 Å². The zero-order valence-corrected chi connectivity index (χ0v) is 17.0. The highest BCUT2D eigenvalue weighted by molar-refractivity contribution is 5.95. The van der Waals surface area contributed by atoms with Gasteiger partial charge in [0, 0.05) is 48.8 Å². The maximum atomic E-state index is 13.1. The van der Waals surface area contributed by atoms with Gasteiger partial charge in [-0.1, -0.05) is 26.0 Å². The Morgan fingerprint density at radius 1 is 1.17 bits per heavy atom. The van der Waals surface area contributed by atoms with E-state index in [4.69, 9.17) is 0 Å². The normalized spacial score (nSPS) is 23.0. The van der Waals surface area contributed by atoms with E-state index < -0.39 is 0 Å². The molecule has 0 unspecified atom stereocenters. The minimum atomic E-state index is -0.267. The number of aromatic nitrogens is 2. The van der Waals surface area contributed by atoms with Crippen molar-refractivity contribution >= 4 is 11.8 Å². The Kier molecular flexibility index (Phi) is 4.76. The SMILES string of the molecule is C[C@H]1CN(C(=O)c2cccc(-c3ccc(=O)[nH]n3)c2)CCN1C(=O)[C@H]1CC1(C)C. The van der Waals surface area contributed by atoms with Crippen LogP contribution < -0.4 is 5.56 Å². The standard InChI is InChI=1S/C22H26N4O3/c1-14-13-25(9-10-26(14)21(29)17-12-22(17,2)3)20(28)16-6-4-5-15(11-16)18-7-8-19(27)24-23-18/h4-8,11,14,17H,9-10,12-13H2,1-3H3,(H,24,27)/t14-,17+/m0/s1. The number of rotatable bonds is 3. The summed E-state index contributed by atoms with van der Waals surface area (Å²) in [4.78, 5) is 40.8. The highest BCUT2D eigenvalue weighted by Crippen LogP contribution is 2.52. The molecule has 1 N–H and O–H groups in total. The summed E-state index contributed by atoms with van der Waals surface area (Å²) in [5.41, 5.74) is 1.79. The van der Waals surface area contributed by atoms with Crippen LogP contribution in [0.15, 0.2) is 41.2 Å². The van der Waals surface area contributed by atoms with Crippen molar-refractivity contribution in [3.05, 3.63) is 52.3 Å². The molecule has 2 aromatic rings. The Balaban J connectivity index is 1.45. The molecule has 2 heterocycles. The zero-order chi connectivity index (χ0) is 20.8. The molecule has 1 saturated carbocycles. The van der Waals surface area contributed by atoms with Crippen LogP contribution in [0.3, 0.4) is 0 Å². The molecule has 4 rings (SSSR count). The molecule has 1 aliphatic heterocycles. The number of amides is 2. The molecule has 0 bridgehead atoms. The Hall–Kier alpha value is -2.96. The summed E-state index contributed by atoms with van der Waals surface area (Å²) < 4.78 is 0. The number of benzene rings is 1.